The fraction of sp³-hybridized carbons (Fsp3) is 0.389. The van der Waals surface area contributed by atoms with E-state index in [1.807, 2.05) is 44.2 Å². The number of carbonyl (C=O) groups excluding carboxylic acids is 1. The van der Waals surface area contributed by atoms with Gasteiger partial charge in [-0.05, 0) is 51.0 Å². The molecule has 24 heavy (non-hydrogen) atoms. The predicted molar refractivity (Wildman–Crippen MR) is 96.6 cm³/mol. The van der Waals surface area contributed by atoms with Gasteiger partial charge >= 0.3 is 0 Å². The molecular weight excluding hydrogens is 302 g/mol. The van der Waals surface area contributed by atoms with Gasteiger partial charge in [0.25, 0.3) is 0 Å². The summed E-state index contributed by atoms with van der Waals surface area (Å²) in [6, 6.07) is 9.56. The van der Waals surface area contributed by atoms with Crippen molar-refractivity contribution in [1.82, 2.24) is 9.97 Å². The van der Waals surface area contributed by atoms with Gasteiger partial charge in [-0.2, -0.15) is 4.98 Å². The molecule has 1 amide bonds. The van der Waals surface area contributed by atoms with Crippen molar-refractivity contribution >= 4 is 29.0 Å². The van der Waals surface area contributed by atoms with Crippen molar-refractivity contribution in [2.45, 2.75) is 33.1 Å². The number of aromatic nitrogens is 2. The van der Waals surface area contributed by atoms with E-state index in [1.54, 1.807) is 0 Å². The van der Waals surface area contributed by atoms with E-state index in [4.69, 9.17) is 0 Å². The molecule has 0 saturated heterocycles. The Bertz CT molecular complexity index is 710. The van der Waals surface area contributed by atoms with Gasteiger partial charge in [-0.25, -0.2) is 4.98 Å². The summed E-state index contributed by atoms with van der Waals surface area (Å²) in [6.45, 7) is 4.72. The van der Waals surface area contributed by atoms with Crippen LogP contribution in [0.2, 0.25) is 0 Å². The zero-order valence-corrected chi connectivity index (χ0v) is 14.1. The van der Waals surface area contributed by atoms with Gasteiger partial charge in [-0.1, -0.05) is 6.42 Å². The summed E-state index contributed by atoms with van der Waals surface area (Å²) in [5.41, 5.74) is 2.63. The molecular formula is C18H23N5O. The van der Waals surface area contributed by atoms with E-state index in [9.17, 15) is 4.79 Å². The highest BCUT2D eigenvalue weighted by atomic mass is 16.1. The Kier molecular flexibility index (Phi) is 4.93. The Morgan fingerprint density at radius 1 is 1.17 bits per heavy atom. The quantitative estimate of drug-likeness (QED) is 0.755. The molecule has 6 heteroatoms. The van der Waals surface area contributed by atoms with Crippen LogP contribution in [0.4, 0.5) is 23.1 Å². The largest absolute Gasteiger partial charge is 0.354 e. The third kappa shape index (κ3) is 4.01. The number of carbonyl (C=O) groups is 1. The summed E-state index contributed by atoms with van der Waals surface area (Å²) in [6.07, 6.45) is 3.17. The molecule has 0 atom stereocenters. The molecule has 1 heterocycles. The fourth-order valence-electron chi connectivity index (χ4n) is 2.57. The van der Waals surface area contributed by atoms with Crippen LogP contribution in [0, 0.1) is 12.8 Å². The molecule has 1 aliphatic rings. The van der Waals surface area contributed by atoms with Crippen molar-refractivity contribution in [1.29, 1.82) is 0 Å². The van der Waals surface area contributed by atoms with Crippen molar-refractivity contribution in [3.8, 4) is 0 Å². The Morgan fingerprint density at radius 3 is 2.50 bits per heavy atom. The van der Waals surface area contributed by atoms with Crippen molar-refractivity contribution < 1.29 is 4.79 Å². The average Bonchev–Trinajstić information content (AvgIpc) is 2.47. The van der Waals surface area contributed by atoms with Gasteiger partial charge in [0.1, 0.15) is 5.82 Å². The number of anilines is 4. The first-order valence-electron chi connectivity index (χ1n) is 8.41. The highest BCUT2D eigenvalue weighted by molar-refractivity contribution is 5.93. The van der Waals surface area contributed by atoms with E-state index in [0.29, 0.717) is 5.95 Å². The monoisotopic (exact) mass is 325 g/mol. The third-order valence-electron chi connectivity index (χ3n) is 4.09. The van der Waals surface area contributed by atoms with Crippen LogP contribution in [-0.4, -0.2) is 22.4 Å². The Morgan fingerprint density at radius 2 is 1.88 bits per heavy atom. The van der Waals surface area contributed by atoms with Crippen LogP contribution in [-0.2, 0) is 4.79 Å². The first-order valence-corrected chi connectivity index (χ1v) is 8.41. The lowest BCUT2D eigenvalue weighted by Gasteiger charge is -2.24. The van der Waals surface area contributed by atoms with E-state index < -0.39 is 0 Å². The maximum absolute atomic E-state index is 12.0. The number of amides is 1. The summed E-state index contributed by atoms with van der Waals surface area (Å²) < 4.78 is 0. The fourth-order valence-corrected chi connectivity index (χ4v) is 2.57. The SMILES string of the molecule is CCNc1nc(C)cc(Nc2ccc(NC(=O)C3CCC3)cc2)n1. The van der Waals surface area contributed by atoms with E-state index in [-0.39, 0.29) is 11.8 Å². The number of benzene rings is 1. The van der Waals surface area contributed by atoms with E-state index in [0.717, 1.165) is 48.7 Å². The first kappa shape index (κ1) is 16.2. The number of nitrogens with zero attached hydrogens (tertiary/aromatic N) is 2. The van der Waals surface area contributed by atoms with Crippen LogP contribution < -0.4 is 16.0 Å². The van der Waals surface area contributed by atoms with Gasteiger partial charge in [-0.3, -0.25) is 4.79 Å². The van der Waals surface area contributed by atoms with E-state index >= 15 is 0 Å². The molecule has 126 valence electrons. The van der Waals surface area contributed by atoms with Crippen LogP contribution in [0.5, 0.6) is 0 Å². The maximum Gasteiger partial charge on any atom is 0.227 e. The highest BCUT2D eigenvalue weighted by Crippen LogP contribution is 2.28. The predicted octanol–water partition coefficient (Wildman–Crippen LogP) is 3.70. The molecule has 1 aromatic heterocycles. The maximum atomic E-state index is 12.0. The van der Waals surface area contributed by atoms with Crippen LogP contribution in [0.25, 0.3) is 0 Å². The van der Waals surface area contributed by atoms with Gasteiger partial charge < -0.3 is 16.0 Å². The number of aryl methyl sites for hydroxylation is 1. The Labute approximate surface area is 142 Å². The topological polar surface area (TPSA) is 78.9 Å². The van der Waals surface area contributed by atoms with Crippen molar-refractivity contribution in [3.63, 3.8) is 0 Å². The third-order valence-corrected chi connectivity index (χ3v) is 4.09. The molecule has 0 aliphatic heterocycles. The first-order chi connectivity index (χ1) is 11.6. The minimum absolute atomic E-state index is 0.128. The molecule has 1 aliphatic carbocycles. The van der Waals surface area contributed by atoms with Crippen LogP contribution in [0.1, 0.15) is 31.9 Å². The molecule has 3 rings (SSSR count). The summed E-state index contributed by atoms with van der Waals surface area (Å²) in [7, 11) is 0. The van der Waals surface area contributed by atoms with Gasteiger partial charge in [-0.15, -0.1) is 0 Å². The van der Waals surface area contributed by atoms with Gasteiger partial charge in [0, 0.05) is 35.6 Å². The molecule has 6 nitrogen and oxygen atoms in total. The van der Waals surface area contributed by atoms with Crippen molar-refractivity contribution in [3.05, 3.63) is 36.0 Å². The van der Waals surface area contributed by atoms with Crippen LogP contribution in [0.15, 0.2) is 30.3 Å². The van der Waals surface area contributed by atoms with Crippen LogP contribution in [0.3, 0.4) is 0 Å². The van der Waals surface area contributed by atoms with Crippen molar-refractivity contribution in [2.24, 2.45) is 5.92 Å². The second kappa shape index (κ2) is 7.29. The Balaban J connectivity index is 1.64. The standard InChI is InChI=1S/C18H23N5O/c1-3-19-18-20-12(2)11-16(23-18)21-14-7-9-15(10-8-14)22-17(24)13-5-4-6-13/h7-11,13H,3-6H2,1-2H3,(H,22,24)(H2,19,20,21,23). The van der Waals surface area contributed by atoms with Crippen LogP contribution >= 0.6 is 0 Å². The zero-order chi connectivity index (χ0) is 16.9. The smallest absolute Gasteiger partial charge is 0.227 e. The summed E-state index contributed by atoms with van der Waals surface area (Å²) in [5.74, 6) is 1.68. The summed E-state index contributed by atoms with van der Waals surface area (Å²) in [5, 5.41) is 9.35. The molecule has 0 bridgehead atoms. The van der Waals surface area contributed by atoms with Gasteiger partial charge in [0.2, 0.25) is 11.9 Å². The highest BCUT2D eigenvalue weighted by Gasteiger charge is 2.24. The second-order valence-corrected chi connectivity index (χ2v) is 6.07. The number of hydrogen-bond acceptors (Lipinski definition) is 5. The van der Waals surface area contributed by atoms with Gasteiger partial charge in [0.05, 0.1) is 0 Å². The average molecular weight is 325 g/mol. The molecule has 2 aromatic rings. The lowest BCUT2D eigenvalue weighted by Crippen LogP contribution is -2.27. The number of rotatable bonds is 6. The molecule has 1 fully saturated rings. The lowest BCUT2D eigenvalue weighted by molar-refractivity contribution is -0.122. The van der Waals surface area contributed by atoms with E-state index in [2.05, 4.69) is 25.9 Å². The molecule has 1 saturated carbocycles. The summed E-state index contributed by atoms with van der Waals surface area (Å²) >= 11 is 0. The molecule has 0 radical (unpaired) electrons. The zero-order valence-electron chi connectivity index (χ0n) is 14.1. The van der Waals surface area contributed by atoms with Gasteiger partial charge in [0.15, 0.2) is 0 Å². The molecule has 1 aromatic carbocycles. The summed E-state index contributed by atoms with van der Waals surface area (Å²) in [4.78, 5) is 20.7. The lowest BCUT2D eigenvalue weighted by atomic mass is 9.85. The molecule has 3 N–H and O–H groups in total. The normalized spacial score (nSPS) is 13.9. The minimum Gasteiger partial charge on any atom is -0.354 e. The molecule has 0 spiro atoms. The number of hydrogen-bond donors (Lipinski definition) is 3. The van der Waals surface area contributed by atoms with Crippen molar-refractivity contribution in [2.75, 3.05) is 22.5 Å². The Hall–Kier alpha value is -2.63. The number of nitrogens with one attached hydrogen (secondary N) is 3. The minimum atomic E-state index is 0.128. The second-order valence-electron chi connectivity index (χ2n) is 6.07. The van der Waals surface area contributed by atoms with E-state index in [1.165, 1.54) is 0 Å². The molecule has 0 unspecified atom stereocenters.